The summed E-state index contributed by atoms with van der Waals surface area (Å²) in [6.07, 6.45) is 28.5. The normalized spacial score (nSPS) is 20.2. The number of hydrogen-bond donors (Lipinski definition) is 0. The van der Waals surface area contributed by atoms with E-state index in [1.807, 2.05) is 85.8 Å². The van der Waals surface area contributed by atoms with E-state index < -0.39 is 49.4 Å². The summed E-state index contributed by atoms with van der Waals surface area (Å²) in [7, 11) is 4.95. The zero-order chi connectivity index (χ0) is 99.0. The summed E-state index contributed by atoms with van der Waals surface area (Å²) in [6, 6.07) is 61.3. The van der Waals surface area contributed by atoms with E-state index in [4.69, 9.17) is 67.8 Å². The van der Waals surface area contributed by atoms with Crippen LogP contribution in [0.25, 0.3) is 24.3 Å². The van der Waals surface area contributed by atoms with Crippen molar-refractivity contribution in [1.82, 2.24) is 24.5 Å². The molecule has 3 aliphatic carbocycles. The van der Waals surface area contributed by atoms with Crippen LogP contribution in [-0.4, -0.2) is 188 Å². The number of carboxylic acids is 3. The second kappa shape index (κ2) is 54.9. The van der Waals surface area contributed by atoms with Gasteiger partial charge in [-0.25, -0.2) is 0 Å². The van der Waals surface area contributed by atoms with Crippen molar-refractivity contribution in [2.45, 2.75) is 179 Å². The minimum Gasteiger partial charge on any atom is -0.548 e. The Morgan fingerprint density at radius 1 is 0.392 bits per heavy atom. The molecule has 0 N–H and O–H groups in total. The Hall–Kier alpha value is -6.29. The number of esters is 1. The third-order valence-electron chi connectivity index (χ3n) is 26.7. The number of carboxylic acid groups (broad SMARTS) is 3. The van der Waals surface area contributed by atoms with Crippen LogP contribution >= 0.6 is 95.9 Å². The number of fused-ring (bicyclic) bond motifs is 10. The zero-order valence-corrected chi connectivity index (χ0v) is 98.4. The summed E-state index contributed by atoms with van der Waals surface area (Å²) in [6.45, 7) is 12.4. The number of unbranched alkanes of at least 4 members (excludes halogenated alkanes) is 4. The van der Waals surface area contributed by atoms with Gasteiger partial charge in [-0.05, 0) is 268 Å². The van der Waals surface area contributed by atoms with E-state index in [1.54, 1.807) is 33.5 Å². The molecule has 732 valence electrons. The van der Waals surface area contributed by atoms with Gasteiger partial charge < -0.3 is 73.2 Å². The largest absolute Gasteiger partial charge is 1.00 e. The minimum absolute atomic E-state index is 0. The Morgan fingerprint density at radius 2 is 0.741 bits per heavy atom. The van der Waals surface area contributed by atoms with Gasteiger partial charge in [-0.3, -0.25) is 43.6 Å². The van der Waals surface area contributed by atoms with E-state index in [9.17, 15) is 53.7 Å². The molecule has 6 atom stereocenters. The van der Waals surface area contributed by atoms with E-state index in [1.165, 1.54) is 145 Å². The van der Waals surface area contributed by atoms with Crippen molar-refractivity contribution in [1.29, 1.82) is 0 Å². The van der Waals surface area contributed by atoms with Crippen molar-refractivity contribution in [3.8, 4) is 17.2 Å². The minimum atomic E-state index is -1.34. The average molecular weight is 2150 g/mol. The van der Waals surface area contributed by atoms with Gasteiger partial charge in [-0.2, -0.15) is 0 Å². The van der Waals surface area contributed by atoms with Gasteiger partial charge in [-0.1, -0.05) is 229 Å². The van der Waals surface area contributed by atoms with Crippen LogP contribution in [0.4, 0.5) is 45.5 Å². The standard InChI is InChI=1S/C28H30N2O4S2.C25H24N2O5S2.C23H20N2O3S2.C20H16N2O3S2.C12H27N.3K/c1-3-4-14-34-26(31)17-29-27(32)25(36-28(29)35)16-18-8-13-24-22(15-18)21-6-5-7-23(21)30(24)19-9-11-20(33-2)12-10-19;1-31-20-9-7-15(12-21(20)32-2)27-18-5-3-4-16(18)17-10-14(6-8-19(17)27)11-22-24(30)26(13-23(28)29)25(33)34-22;26-21(27)13-24-22(28)20(30-23(24)29)12-14-9-10-19-17(11-14)16-7-4-8-18(16)25(19)15-5-2-1-3-6-15;23-18(24)12-22-19(25)17(27-20(22)26)11-13-6-7-16-14(10-13)8-9-21(16)15-4-2-1-3-5-15;1-4-7-10-13(11-8-5-2)12-9-6-3;;;/h8-13,15-16,21,23H,3-7,14,17H2,1-2H3;6-12,16,18H,3-5,13H2,1-2H3,(H,28,29);1-3,5-6,9-12,16,18H,4,7-8,13H2,(H,26,27);1-7,10-11H,8-9,12H2,(H,23,24);4-12H2,1-3H3;;;/q;;;;;3*+1/p-3/b25-16-;22-11-;20-12-;17-11-;;;;. The molecule has 7 fully saturated rings. The number of amides is 4. The van der Waals surface area contributed by atoms with Crippen LogP contribution in [0.15, 0.2) is 196 Å². The first-order valence-electron chi connectivity index (χ1n) is 48.0. The fourth-order valence-corrected chi connectivity index (χ4v) is 25.1. The Labute approximate surface area is 1000 Å². The number of thioether (sulfide) groups is 4. The maximum Gasteiger partial charge on any atom is 1.00 e. The molecule has 11 aliphatic rings. The number of thiocarbonyl (C=S) groups is 4. The molecular weight excluding hydrogens is 2040 g/mol. The quantitative estimate of drug-likeness (QED) is 0.0128. The first-order valence-corrected chi connectivity index (χ1v) is 52.9. The molecule has 0 spiro atoms. The Kier molecular flexibility index (Phi) is 44.3. The van der Waals surface area contributed by atoms with Crippen LogP contribution in [-0.2, 0) is 49.5 Å². The van der Waals surface area contributed by atoms with Gasteiger partial charge in [0.2, 0.25) is 0 Å². The Morgan fingerprint density at radius 3 is 1.11 bits per heavy atom. The number of carbonyl (C=O) groups is 8. The van der Waals surface area contributed by atoms with Crippen molar-refractivity contribution < 1.29 is 227 Å². The van der Waals surface area contributed by atoms with Crippen LogP contribution < -0.4 is 203 Å². The summed E-state index contributed by atoms with van der Waals surface area (Å²) >= 11 is 25.5. The van der Waals surface area contributed by atoms with Crippen molar-refractivity contribution >= 4 is 231 Å². The maximum atomic E-state index is 13.0. The number of para-hydroxylation sites is 2. The molecular formula is C108H114K3N9O15S8. The fourth-order valence-electron chi connectivity index (χ4n) is 20.1. The second-order valence-corrected chi connectivity index (χ2v) is 42.4. The third kappa shape index (κ3) is 27.9. The van der Waals surface area contributed by atoms with Crippen molar-refractivity contribution in [3.63, 3.8) is 0 Å². The number of anilines is 8. The molecule has 3 saturated carbocycles. The topological polar surface area (TPSA) is 272 Å². The second-order valence-electron chi connectivity index (χ2n) is 35.7. The molecule has 4 amide bonds. The molecule has 19 rings (SSSR count). The summed E-state index contributed by atoms with van der Waals surface area (Å²) in [5, 5.41) is 32.6. The smallest absolute Gasteiger partial charge is 0.548 e. The average Bonchev–Trinajstić information content (AvgIpc) is 1.59. The first kappa shape index (κ1) is 115. The van der Waals surface area contributed by atoms with Gasteiger partial charge in [0.15, 0.2) is 11.5 Å². The molecule has 0 aromatic heterocycles. The summed E-state index contributed by atoms with van der Waals surface area (Å²) in [4.78, 5) is 114. The molecule has 8 aromatic rings. The van der Waals surface area contributed by atoms with Crippen LogP contribution in [0.3, 0.4) is 0 Å². The summed E-state index contributed by atoms with van der Waals surface area (Å²) in [5.74, 6) is -2.21. The number of aliphatic carboxylic acids is 3. The number of carbonyl (C=O) groups excluding carboxylic acids is 8. The predicted molar refractivity (Wildman–Crippen MR) is 571 cm³/mol. The van der Waals surface area contributed by atoms with Gasteiger partial charge in [0, 0.05) is 94.0 Å². The van der Waals surface area contributed by atoms with Gasteiger partial charge >= 0.3 is 160 Å². The van der Waals surface area contributed by atoms with E-state index >= 15 is 0 Å². The number of benzene rings is 8. The van der Waals surface area contributed by atoms with Gasteiger partial charge in [-0.15, -0.1) is 0 Å². The van der Waals surface area contributed by atoms with Crippen LogP contribution in [0.2, 0.25) is 0 Å². The maximum absolute atomic E-state index is 13.0. The number of nitrogens with zero attached hydrogens (tertiary/aromatic N) is 9. The molecule has 0 bridgehead atoms. The molecule has 0 radical (unpaired) electrons. The number of hydrogen-bond acceptors (Lipinski definition) is 28. The molecule has 6 unspecified atom stereocenters. The third-order valence-corrected chi connectivity index (χ3v) is 32.3. The molecule has 4 saturated heterocycles. The van der Waals surface area contributed by atoms with Crippen LogP contribution in [0, 0.1) is 0 Å². The van der Waals surface area contributed by atoms with E-state index in [0.717, 1.165) is 159 Å². The molecule has 35 heteroatoms. The van der Waals surface area contributed by atoms with E-state index in [2.05, 4.69) is 154 Å². The number of ether oxygens (including phenoxy) is 4. The van der Waals surface area contributed by atoms with Crippen molar-refractivity contribution in [2.75, 3.05) is 99.9 Å². The summed E-state index contributed by atoms with van der Waals surface area (Å²) < 4.78 is 22.6. The van der Waals surface area contributed by atoms with Gasteiger partial charge in [0.1, 0.15) is 29.6 Å². The number of methoxy groups -OCH3 is 3. The van der Waals surface area contributed by atoms with Crippen molar-refractivity contribution in [2.24, 2.45) is 0 Å². The number of rotatable bonds is 31. The van der Waals surface area contributed by atoms with Crippen molar-refractivity contribution in [3.05, 3.63) is 240 Å². The molecule has 8 aliphatic heterocycles. The van der Waals surface area contributed by atoms with E-state index in [-0.39, 0.29) is 191 Å². The van der Waals surface area contributed by atoms with Crippen LogP contribution in [0.1, 0.15) is 199 Å². The van der Waals surface area contributed by atoms with E-state index in [0.29, 0.717) is 77.9 Å². The SMILES string of the molecule is CCCCN(CCCC)CCCC.CCCCOC(=O)CN1C(=O)/C(=C/c2ccc3c(c2)C2CCCC2N3c2ccc(OC)cc2)SC1=S.COc1ccc(N2c3ccc(/C=C4\SC(=S)N(CC(=O)[O-])C4=O)cc3C3CCCC32)cc1OC.O=C([O-])CN1C(=O)/C(=C/c2ccc3c(c2)C2CCCC2N3c2ccccc2)SC1=S.O=C([O-])CN1C(=O)/C(=C/c2ccc3c(c2)CCN3c2ccccc2)SC1=S.[K+].[K+].[K+]. The Balaban J connectivity index is 0.000000163. The molecule has 8 heterocycles. The Bertz CT molecular complexity index is 6160. The first-order chi connectivity index (χ1) is 67.8. The predicted octanol–water partition coefficient (Wildman–Crippen LogP) is 9.93. The monoisotopic (exact) mass is 2150 g/mol. The molecule has 8 aromatic carbocycles. The van der Waals surface area contributed by atoms with Gasteiger partial charge in [0.05, 0.1) is 85.1 Å². The summed E-state index contributed by atoms with van der Waals surface area (Å²) in [5.41, 5.74) is 18.2. The van der Waals surface area contributed by atoms with Crippen LogP contribution in [0.5, 0.6) is 17.2 Å². The fraction of sp³-hybridized carbons (Fsp3) is 0.370. The molecule has 24 nitrogen and oxygen atoms in total. The zero-order valence-electron chi connectivity index (χ0n) is 82.5. The molecule has 143 heavy (non-hydrogen) atoms. The van der Waals surface area contributed by atoms with Gasteiger partial charge in [0.25, 0.3) is 23.6 Å².